The number of thiocarbonyl (C=S) groups is 1. The molecule has 2 aromatic carbocycles. The summed E-state index contributed by atoms with van der Waals surface area (Å²) in [6.45, 7) is 4.93. The molecule has 0 saturated carbocycles. The molecule has 0 saturated heterocycles. The minimum Gasteiger partial charge on any atom is -0.332 e. The van der Waals surface area contributed by atoms with Crippen molar-refractivity contribution in [2.75, 3.05) is 10.6 Å². The lowest BCUT2D eigenvalue weighted by Gasteiger charge is -2.12. The molecule has 0 aliphatic rings. The van der Waals surface area contributed by atoms with Gasteiger partial charge in [0.15, 0.2) is 10.9 Å². The molecule has 1 atom stereocenters. The summed E-state index contributed by atoms with van der Waals surface area (Å²) in [6, 6.07) is 15.9. The van der Waals surface area contributed by atoms with Crippen molar-refractivity contribution < 1.29 is 0 Å². The van der Waals surface area contributed by atoms with Crippen LogP contribution in [0, 0.1) is 0 Å². The molecule has 2 N–H and O–H groups in total. The van der Waals surface area contributed by atoms with Crippen LogP contribution in [0.3, 0.4) is 0 Å². The van der Waals surface area contributed by atoms with Crippen LogP contribution in [-0.2, 0) is 6.54 Å². The monoisotopic (exact) mass is 432 g/mol. The molecule has 0 aliphatic heterocycles. The summed E-state index contributed by atoms with van der Waals surface area (Å²) in [4.78, 5) is 0. The second-order valence-corrected chi connectivity index (χ2v) is 7.85. The van der Waals surface area contributed by atoms with E-state index < -0.39 is 0 Å². The van der Waals surface area contributed by atoms with Crippen molar-refractivity contribution in [2.45, 2.75) is 32.7 Å². The summed E-state index contributed by atoms with van der Waals surface area (Å²) in [7, 11) is 0. The maximum Gasteiger partial charge on any atom is 0.176 e. The van der Waals surface area contributed by atoms with Crippen molar-refractivity contribution in [3.05, 3.63) is 75.9 Å². The fraction of sp³-hybridized carbons (Fsp3) is 0.238. The molecule has 0 aliphatic carbocycles. The lowest BCUT2D eigenvalue weighted by molar-refractivity contribution is 0.690. The van der Waals surface area contributed by atoms with E-state index in [0.29, 0.717) is 33.4 Å². The Kier molecular flexibility index (Phi) is 6.94. The summed E-state index contributed by atoms with van der Waals surface area (Å²) in [5.41, 5.74) is 3.20. The highest BCUT2D eigenvalue weighted by Gasteiger charge is 2.10. The summed E-state index contributed by atoms with van der Waals surface area (Å²) in [6.07, 6.45) is 2.86. The predicted octanol–water partition coefficient (Wildman–Crippen LogP) is 6.56. The van der Waals surface area contributed by atoms with Crippen LogP contribution in [-0.4, -0.2) is 14.9 Å². The highest BCUT2D eigenvalue weighted by atomic mass is 35.5. The zero-order valence-electron chi connectivity index (χ0n) is 15.7. The number of halogens is 2. The molecule has 0 fully saturated rings. The highest BCUT2D eigenvalue weighted by Crippen LogP contribution is 2.23. The smallest absolute Gasteiger partial charge is 0.176 e. The largest absolute Gasteiger partial charge is 0.332 e. The first-order valence-electron chi connectivity index (χ1n) is 9.10. The van der Waals surface area contributed by atoms with Crippen molar-refractivity contribution in [3.8, 4) is 0 Å². The van der Waals surface area contributed by atoms with Crippen molar-refractivity contribution in [3.63, 3.8) is 0 Å². The van der Waals surface area contributed by atoms with E-state index in [1.165, 1.54) is 5.56 Å². The number of rotatable bonds is 6. The highest BCUT2D eigenvalue weighted by molar-refractivity contribution is 7.80. The number of nitrogens with one attached hydrogen (secondary N) is 2. The Labute approximate surface area is 180 Å². The van der Waals surface area contributed by atoms with Gasteiger partial charge in [-0.1, -0.05) is 67.4 Å². The molecule has 3 aromatic rings. The van der Waals surface area contributed by atoms with Crippen LogP contribution in [0.4, 0.5) is 11.5 Å². The Morgan fingerprint density at radius 2 is 1.79 bits per heavy atom. The summed E-state index contributed by atoms with van der Waals surface area (Å²) >= 11 is 17.9. The Bertz CT molecular complexity index is 953. The van der Waals surface area contributed by atoms with Gasteiger partial charge in [-0.05, 0) is 53.9 Å². The lowest BCUT2D eigenvalue weighted by atomic mass is 9.99. The first kappa shape index (κ1) is 20.6. The van der Waals surface area contributed by atoms with Gasteiger partial charge < -0.3 is 10.6 Å². The molecule has 4 nitrogen and oxygen atoms in total. The van der Waals surface area contributed by atoms with Crippen molar-refractivity contribution in [1.29, 1.82) is 0 Å². The fourth-order valence-corrected chi connectivity index (χ4v) is 3.37. The third-order valence-electron chi connectivity index (χ3n) is 4.59. The van der Waals surface area contributed by atoms with E-state index in [-0.39, 0.29) is 0 Å². The van der Waals surface area contributed by atoms with Crippen LogP contribution in [0.25, 0.3) is 0 Å². The summed E-state index contributed by atoms with van der Waals surface area (Å²) < 4.78 is 1.73. The molecule has 0 radical (unpaired) electrons. The van der Waals surface area contributed by atoms with E-state index in [1.54, 1.807) is 10.9 Å². The van der Waals surface area contributed by atoms with Gasteiger partial charge in [0, 0.05) is 16.9 Å². The molecular formula is C21H22Cl2N4S. The predicted molar refractivity (Wildman–Crippen MR) is 123 cm³/mol. The molecule has 0 spiro atoms. The second-order valence-electron chi connectivity index (χ2n) is 6.63. The molecule has 0 bridgehead atoms. The van der Waals surface area contributed by atoms with Crippen molar-refractivity contribution in [1.82, 2.24) is 9.78 Å². The Morgan fingerprint density at radius 1 is 1.07 bits per heavy atom. The molecule has 1 heterocycles. The normalized spacial score (nSPS) is 11.9. The second kappa shape index (κ2) is 9.41. The van der Waals surface area contributed by atoms with E-state index in [9.17, 15) is 0 Å². The van der Waals surface area contributed by atoms with Gasteiger partial charge in [-0.15, -0.1) is 0 Å². The van der Waals surface area contributed by atoms with E-state index in [1.807, 2.05) is 36.4 Å². The third kappa shape index (κ3) is 5.25. The van der Waals surface area contributed by atoms with E-state index in [0.717, 1.165) is 17.7 Å². The molecule has 28 heavy (non-hydrogen) atoms. The Hall–Kier alpha value is -2.08. The molecular weight excluding hydrogens is 411 g/mol. The Balaban J connectivity index is 1.63. The number of anilines is 2. The van der Waals surface area contributed by atoms with Crippen LogP contribution >= 0.6 is 35.4 Å². The molecule has 0 unspecified atom stereocenters. The van der Waals surface area contributed by atoms with Gasteiger partial charge in [-0.25, -0.2) is 0 Å². The van der Waals surface area contributed by atoms with Gasteiger partial charge in [0.2, 0.25) is 0 Å². The van der Waals surface area contributed by atoms with Crippen LogP contribution in [0.15, 0.2) is 54.7 Å². The average molecular weight is 433 g/mol. The first-order chi connectivity index (χ1) is 13.5. The topological polar surface area (TPSA) is 41.9 Å². The zero-order chi connectivity index (χ0) is 20.1. The SMILES string of the molecule is CC[C@H](C)c1ccc(NC(=S)Nc2nn(Cc3ccccc3Cl)cc2Cl)cc1. The number of hydrogen-bond acceptors (Lipinski definition) is 2. The van der Waals surface area contributed by atoms with Crippen molar-refractivity contribution in [2.24, 2.45) is 0 Å². The standard InChI is InChI=1S/C21H22Cl2N4S/c1-3-14(2)15-8-10-17(11-9-15)24-21(28)25-20-19(23)13-27(26-20)12-16-6-4-5-7-18(16)22/h4-11,13-14H,3,12H2,1-2H3,(H2,24,25,26,28)/t14-/m0/s1. The summed E-state index contributed by atoms with van der Waals surface area (Å²) in [5, 5.41) is 12.3. The van der Waals surface area contributed by atoms with Crippen LogP contribution in [0.1, 0.15) is 37.3 Å². The van der Waals surface area contributed by atoms with Crippen LogP contribution in [0.2, 0.25) is 10.0 Å². The van der Waals surface area contributed by atoms with E-state index >= 15 is 0 Å². The number of aromatic nitrogens is 2. The van der Waals surface area contributed by atoms with Crippen molar-refractivity contribution >= 4 is 52.0 Å². The zero-order valence-corrected chi connectivity index (χ0v) is 18.1. The van der Waals surface area contributed by atoms with Crippen LogP contribution in [0.5, 0.6) is 0 Å². The van der Waals surface area contributed by atoms with Gasteiger partial charge in [-0.2, -0.15) is 5.10 Å². The third-order valence-corrected chi connectivity index (χ3v) is 5.44. The molecule has 7 heteroatoms. The molecule has 0 amide bonds. The lowest BCUT2D eigenvalue weighted by Crippen LogP contribution is -2.19. The van der Waals surface area contributed by atoms with Gasteiger partial charge >= 0.3 is 0 Å². The van der Waals surface area contributed by atoms with Crippen LogP contribution < -0.4 is 10.6 Å². The maximum atomic E-state index is 6.30. The number of nitrogens with zero attached hydrogens (tertiary/aromatic N) is 2. The van der Waals surface area contributed by atoms with E-state index in [4.69, 9.17) is 35.4 Å². The molecule has 146 valence electrons. The Morgan fingerprint density at radius 3 is 2.46 bits per heavy atom. The molecule has 1 aromatic heterocycles. The maximum absolute atomic E-state index is 6.30. The van der Waals surface area contributed by atoms with Gasteiger partial charge in [-0.3, -0.25) is 4.68 Å². The van der Waals surface area contributed by atoms with Gasteiger partial charge in [0.25, 0.3) is 0 Å². The minimum atomic E-state index is 0.432. The molecule has 3 rings (SSSR count). The van der Waals surface area contributed by atoms with Gasteiger partial charge in [0.05, 0.1) is 6.54 Å². The van der Waals surface area contributed by atoms with E-state index in [2.05, 4.69) is 41.7 Å². The van der Waals surface area contributed by atoms with Gasteiger partial charge in [0.1, 0.15) is 5.02 Å². The first-order valence-corrected chi connectivity index (χ1v) is 10.3. The average Bonchev–Trinajstić information content (AvgIpc) is 3.02. The number of hydrogen-bond donors (Lipinski definition) is 2. The minimum absolute atomic E-state index is 0.432. The fourth-order valence-electron chi connectivity index (χ4n) is 2.76. The number of benzene rings is 2. The quantitative estimate of drug-likeness (QED) is 0.432. The summed E-state index contributed by atoms with van der Waals surface area (Å²) in [5.74, 6) is 1.04.